The van der Waals surface area contributed by atoms with Crippen molar-refractivity contribution in [3.8, 4) is 0 Å². The zero-order valence-corrected chi connectivity index (χ0v) is 15.1. The fourth-order valence-electron chi connectivity index (χ4n) is 2.92. The molecule has 0 aromatic heterocycles. The zero-order chi connectivity index (χ0) is 17.5. The third-order valence-corrected chi connectivity index (χ3v) is 5.39. The first-order valence-electron chi connectivity index (χ1n) is 8.66. The first kappa shape index (κ1) is 17.8. The van der Waals surface area contributed by atoms with Crippen LogP contribution in [0.2, 0.25) is 0 Å². The third kappa shape index (κ3) is 5.51. The summed E-state index contributed by atoms with van der Waals surface area (Å²) in [5.41, 5.74) is 3.70. The summed E-state index contributed by atoms with van der Waals surface area (Å²) in [7, 11) is 0. The molecule has 2 aromatic carbocycles. The standard InChI is InChI=1S/C20H24N2O2S/c23-20(24)18-3-1-2-17(14-18)15-21-19-6-4-16(5-7-19)8-9-22-10-12-25-13-11-22/h1-7,14,21H,8-13,15H2,(H,23,24). The predicted molar refractivity (Wildman–Crippen MR) is 105 cm³/mol. The number of hydrogen-bond acceptors (Lipinski definition) is 4. The van der Waals surface area contributed by atoms with E-state index in [2.05, 4.69) is 34.5 Å². The van der Waals surface area contributed by atoms with Crippen LogP contribution >= 0.6 is 11.8 Å². The summed E-state index contributed by atoms with van der Waals surface area (Å²) in [5.74, 6) is 1.62. The maximum atomic E-state index is 11.0. The summed E-state index contributed by atoms with van der Waals surface area (Å²) in [5, 5.41) is 12.4. The van der Waals surface area contributed by atoms with E-state index >= 15 is 0 Å². The number of carbonyl (C=O) groups is 1. The predicted octanol–water partition coefficient (Wildman–Crippen LogP) is 3.59. The smallest absolute Gasteiger partial charge is 0.335 e. The van der Waals surface area contributed by atoms with Gasteiger partial charge in [-0.2, -0.15) is 11.8 Å². The van der Waals surface area contributed by atoms with Crippen molar-refractivity contribution in [3.05, 3.63) is 65.2 Å². The van der Waals surface area contributed by atoms with Crippen LogP contribution in [0.4, 0.5) is 5.69 Å². The summed E-state index contributed by atoms with van der Waals surface area (Å²) in [6.07, 6.45) is 1.09. The molecule has 0 atom stereocenters. The Bertz CT molecular complexity index is 697. The molecule has 25 heavy (non-hydrogen) atoms. The highest BCUT2D eigenvalue weighted by atomic mass is 32.2. The molecule has 1 aliphatic heterocycles. The summed E-state index contributed by atoms with van der Waals surface area (Å²) in [4.78, 5) is 13.6. The number of aromatic carboxylic acids is 1. The molecule has 1 heterocycles. The van der Waals surface area contributed by atoms with Crippen molar-refractivity contribution in [1.82, 2.24) is 4.90 Å². The largest absolute Gasteiger partial charge is 0.478 e. The van der Waals surface area contributed by atoms with Crippen LogP contribution in [0.5, 0.6) is 0 Å². The average Bonchev–Trinajstić information content (AvgIpc) is 2.66. The van der Waals surface area contributed by atoms with Gasteiger partial charge in [0.15, 0.2) is 0 Å². The Hall–Kier alpha value is -1.98. The minimum Gasteiger partial charge on any atom is -0.478 e. The van der Waals surface area contributed by atoms with Crippen LogP contribution < -0.4 is 5.32 Å². The first-order valence-corrected chi connectivity index (χ1v) is 9.81. The quantitative estimate of drug-likeness (QED) is 0.794. The molecule has 0 bridgehead atoms. The molecule has 0 saturated carbocycles. The maximum absolute atomic E-state index is 11.0. The second kappa shape index (κ2) is 8.92. The number of carboxylic acids is 1. The molecule has 4 nitrogen and oxygen atoms in total. The van der Waals surface area contributed by atoms with E-state index in [4.69, 9.17) is 5.11 Å². The van der Waals surface area contributed by atoms with Gasteiger partial charge in [-0.15, -0.1) is 0 Å². The summed E-state index contributed by atoms with van der Waals surface area (Å²) in [6, 6.07) is 15.6. The minimum atomic E-state index is -0.890. The number of benzene rings is 2. The molecular formula is C20H24N2O2S. The van der Waals surface area contributed by atoms with E-state index in [9.17, 15) is 4.79 Å². The van der Waals surface area contributed by atoms with Crippen molar-refractivity contribution >= 4 is 23.4 Å². The normalized spacial score (nSPS) is 15.0. The van der Waals surface area contributed by atoms with E-state index in [0.29, 0.717) is 12.1 Å². The van der Waals surface area contributed by atoms with Gasteiger partial charge in [-0.1, -0.05) is 24.3 Å². The molecule has 0 unspecified atom stereocenters. The lowest BCUT2D eigenvalue weighted by atomic mass is 10.1. The van der Waals surface area contributed by atoms with E-state index in [1.165, 1.54) is 30.2 Å². The fraction of sp³-hybridized carbons (Fsp3) is 0.350. The summed E-state index contributed by atoms with van der Waals surface area (Å²) in [6.45, 7) is 4.17. The number of anilines is 1. The zero-order valence-electron chi connectivity index (χ0n) is 14.3. The van der Waals surface area contributed by atoms with Crippen LogP contribution in [-0.4, -0.2) is 47.1 Å². The monoisotopic (exact) mass is 356 g/mol. The molecule has 2 N–H and O–H groups in total. The Labute approximate surface area is 153 Å². The summed E-state index contributed by atoms with van der Waals surface area (Å²) < 4.78 is 0. The highest BCUT2D eigenvalue weighted by Gasteiger charge is 2.09. The molecule has 5 heteroatoms. The van der Waals surface area contributed by atoms with E-state index in [-0.39, 0.29) is 0 Å². The SMILES string of the molecule is O=C(O)c1cccc(CNc2ccc(CCN3CCSCC3)cc2)c1. The second-order valence-corrected chi connectivity index (χ2v) is 7.48. The van der Waals surface area contributed by atoms with Gasteiger partial charge in [-0.25, -0.2) is 4.79 Å². The highest BCUT2D eigenvalue weighted by Crippen LogP contribution is 2.14. The first-order chi connectivity index (χ1) is 12.2. The Morgan fingerprint density at radius 2 is 1.84 bits per heavy atom. The molecule has 0 spiro atoms. The van der Waals surface area contributed by atoms with Crippen molar-refractivity contribution in [3.63, 3.8) is 0 Å². The molecule has 0 radical (unpaired) electrons. The van der Waals surface area contributed by atoms with Crippen LogP contribution in [0.1, 0.15) is 21.5 Å². The van der Waals surface area contributed by atoms with Gasteiger partial charge in [0.25, 0.3) is 0 Å². The van der Waals surface area contributed by atoms with Crippen molar-refractivity contribution in [1.29, 1.82) is 0 Å². The number of carboxylic acid groups (broad SMARTS) is 1. The Kier molecular flexibility index (Phi) is 6.36. The van der Waals surface area contributed by atoms with E-state index in [1.807, 2.05) is 17.8 Å². The summed E-state index contributed by atoms with van der Waals surface area (Å²) >= 11 is 2.05. The third-order valence-electron chi connectivity index (χ3n) is 4.44. The van der Waals surface area contributed by atoms with Crippen LogP contribution in [0.3, 0.4) is 0 Å². The lowest BCUT2D eigenvalue weighted by molar-refractivity contribution is 0.0697. The number of rotatable bonds is 7. The van der Waals surface area contributed by atoms with E-state index < -0.39 is 5.97 Å². The van der Waals surface area contributed by atoms with Gasteiger partial charge in [0, 0.05) is 43.4 Å². The molecule has 0 aliphatic carbocycles. The van der Waals surface area contributed by atoms with Crippen LogP contribution in [0.25, 0.3) is 0 Å². The fourth-order valence-corrected chi connectivity index (χ4v) is 3.90. The highest BCUT2D eigenvalue weighted by molar-refractivity contribution is 7.99. The van der Waals surface area contributed by atoms with Crippen molar-refractivity contribution in [2.24, 2.45) is 0 Å². The van der Waals surface area contributed by atoms with Gasteiger partial charge in [-0.05, 0) is 41.8 Å². The van der Waals surface area contributed by atoms with Gasteiger partial charge in [-0.3, -0.25) is 0 Å². The lowest BCUT2D eigenvalue weighted by Crippen LogP contribution is -2.34. The molecule has 1 saturated heterocycles. The number of nitrogens with zero attached hydrogens (tertiary/aromatic N) is 1. The van der Waals surface area contributed by atoms with Crippen molar-refractivity contribution in [2.75, 3.05) is 36.5 Å². The van der Waals surface area contributed by atoms with Crippen molar-refractivity contribution in [2.45, 2.75) is 13.0 Å². The number of hydrogen-bond donors (Lipinski definition) is 2. The van der Waals surface area contributed by atoms with Gasteiger partial charge in [0.2, 0.25) is 0 Å². The Morgan fingerprint density at radius 3 is 2.56 bits per heavy atom. The van der Waals surface area contributed by atoms with Crippen LogP contribution in [0.15, 0.2) is 48.5 Å². The minimum absolute atomic E-state index is 0.325. The molecule has 132 valence electrons. The maximum Gasteiger partial charge on any atom is 0.335 e. The van der Waals surface area contributed by atoms with E-state index in [0.717, 1.165) is 24.2 Å². The number of nitrogens with one attached hydrogen (secondary N) is 1. The second-order valence-electron chi connectivity index (χ2n) is 6.26. The Balaban J connectivity index is 1.48. The topological polar surface area (TPSA) is 52.6 Å². The lowest BCUT2D eigenvalue weighted by Gasteiger charge is -2.26. The molecule has 1 fully saturated rings. The van der Waals surface area contributed by atoms with Crippen LogP contribution in [-0.2, 0) is 13.0 Å². The van der Waals surface area contributed by atoms with Gasteiger partial charge in [0.05, 0.1) is 5.56 Å². The molecule has 2 aromatic rings. The molecular weight excluding hydrogens is 332 g/mol. The molecule has 1 aliphatic rings. The Morgan fingerprint density at radius 1 is 1.08 bits per heavy atom. The molecule has 3 rings (SSSR count). The average molecular weight is 356 g/mol. The number of thioether (sulfide) groups is 1. The van der Waals surface area contributed by atoms with E-state index in [1.54, 1.807) is 18.2 Å². The van der Waals surface area contributed by atoms with Crippen molar-refractivity contribution < 1.29 is 9.90 Å². The molecule has 0 amide bonds. The van der Waals surface area contributed by atoms with Gasteiger partial charge in [0.1, 0.15) is 0 Å². The van der Waals surface area contributed by atoms with Crippen LogP contribution in [0, 0.1) is 0 Å². The van der Waals surface area contributed by atoms with Gasteiger partial charge >= 0.3 is 5.97 Å². The van der Waals surface area contributed by atoms with Gasteiger partial charge < -0.3 is 15.3 Å².